The Balaban J connectivity index is 1.51. The van der Waals surface area contributed by atoms with Crippen molar-refractivity contribution in [2.75, 3.05) is 29.9 Å². The molecule has 1 amide bonds. The number of amides is 1. The minimum Gasteiger partial charge on any atom is -0.488 e. The highest BCUT2D eigenvalue weighted by Gasteiger charge is 2.60. The molecule has 0 N–H and O–H groups in total. The number of hydrogen-bond acceptors (Lipinski definition) is 7. The molecule has 33 heavy (non-hydrogen) atoms. The van der Waals surface area contributed by atoms with E-state index >= 15 is 0 Å². The number of thiocarbonyl (C=S) groups is 1. The van der Waals surface area contributed by atoms with E-state index in [4.69, 9.17) is 33.8 Å². The van der Waals surface area contributed by atoms with Gasteiger partial charge in [0.25, 0.3) is 5.91 Å². The molecule has 0 radical (unpaired) electrons. The quantitative estimate of drug-likeness (QED) is 0.612. The maximum absolute atomic E-state index is 13.7. The summed E-state index contributed by atoms with van der Waals surface area (Å²) in [7, 11) is 2.11. The molecule has 1 aliphatic carbocycles. The summed E-state index contributed by atoms with van der Waals surface area (Å²) in [4.78, 5) is 27.8. The van der Waals surface area contributed by atoms with Gasteiger partial charge in [-0.2, -0.15) is 5.26 Å². The Morgan fingerprint density at radius 3 is 2.70 bits per heavy atom. The van der Waals surface area contributed by atoms with E-state index in [1.54, 1.807) is 18.5 Å². The number of anilines is 2. The Kier molecular flexibility index (Phi) is 5.69. The number of hydrogen-bond donors (Lipinski definition) is 0. The van der Waals surface area contributed by atoms with E-state index in [0.29, 0.717) is 35.1 Å². The van der Waals surface area contributed by atoms with Crippen LogP contribution in [0.15, 0.2) is 30.7 Å². The molecular weight excluding hydrogens is 460 g/mol. The van der Waals surface area contributed by atoms with Crippen molar-refractivity contribution in [1.29, 1.82) is 5.26 Å². The first-order chi connectivity index (χ1) is 15.9. The van der Waals surface area contributed by atoms with Crippen molar-refractivity contribution in [1.82, 2.24) is 14.9 Å². The fraction of sp³-hybridized carbons (Fsp3) is 0.435. The topological polar surface area (TPSA) is 85.6 Å². The molecule has 3 aliphatic rings. The standard InChI is InChI=1S/C23H23ClN6O2S/c1-28-9-4-16(5-10-28)32-20-3-8-26-14-19(20)30-22(33)29(21(31)23(30)6-2-7-23)15-11-17(24)18(12-25)27-13-15/h3,8,11,13-14,16H,2,4-7,9-10H2,1H3. The average Bonchev–Trinajstić information content (AvgIpc) is 3.02. The van der Waals surface area contributed by atoms with Gasteiger partial charge in [0.1, 0.15) is 29.1 Å². The maximum Gasteiger partial charge on any atom is 0.259 e. The lowest BCUT2D eigenvalue weighted by Crippen LogP contribution is -2.55. The zero-order chi connectivity index (χ0) is 23.2. The summed E-state index contributed by atoms with van der Waals surface area (Å²) in [5.41, 5.74) is 0.481. The molecule has 4 heterocycles. The minimum atomic E-state index is -0.772. The monoisotopic (exact) mass is 482 g/mol. The number of piperidine rings is 1. The number of carbonyl (C=O) groups is 1. The Morgan fingerprint density at radius 1 is 1.30 bits per heavy atom. The van der Waals surface area contributed by atoms with Crippen molar-refractivity contribution in [3.05, 3.63) is 41.4 Å². The lowest BCUT2D eigenvalue weighted by molar-refractivity contribution is -0.123. The zero-order valence-electron chi connectivity index (χ0n) is 18.2. The molecule has 0 atom stereocenters. The van der Waals surface area contributed by atoms with Crippen molar-refractivity contribution in [2.24, 2.45) is 0 Å². The van der Waals surface area contributed by atoms with Gasteiger partial charge in [-0.3, -0.25) is 19.6 Å². The van der Waals surface area contributed by atoms with Gasteiger partial charge in [-0.25, -0.2) is 4.98 Å². The van der Waals surface area contributed by atoms with Crippen molar-refractivity contribution < 1.29 is 9.53 Å². The highest BCUT2D eigenvalue weighted by molar-refractivity contribution is 7.81. The average molecular weight is 483 g/mol. The molecule has 2 aliphatic heterocycles. The van der Waals surface area contributed by atoms with Crippen LogP contribution in [0.4, 0.5) is 11.4 Å². The predicted molar refractivity (Wildman–Crippen MR) is 128 cm³/mol. The summed E-state index contributed by atoms with van der Waals surface area (Å²) in [5, 5.41) is 9.66. The molecular formula is C23H23ClN6O2S. The van der Waals surface area contributed by atoms with Crippen molar-refractivity contribution >= 4 is 46.2 Å². The first-order valence-corrected chi connectivity index (χ1v) is 11.8. The third kappa shape index (κ3) is 3.62. The second-order valence-corrected chi connectivity index (χ2v) is 9.52. The third-order valence-electron chi connectivity index (χ3n) is 6.74. The summed E-state index contributed by atoms with van der Waals surface area (Å²) in [6.45, 7) is 1.96. The summed E-state index contributed by atoms with van der Waals surface area (Å²) in [6, 6.07) is 5.35. The molecule has 2 saturated heterocycles. The van der Waals surface area contributed by atoms with Crippen LogP contribution in [-0.2, 0) is 4.79 Å². The predicted octanol–water partition coefficient (Wildman–Crippen LogP) is 3.54. The lowest BCUT2D eigenvalue weighted by Gasteiger charge is -2.43. The smallest absolute Gasteiger partial charge is 0.259 e. The van der Waals surface area contributed by atoms with E-state index in [2.05, 4.69) is 21.9 Å². The molecule has 2 aromatic rings. The van der Waals surface area contributed by atoms with Crippen molar-refractivity contribution in [3.63, 3.8) is 0 Å². The molecule has 1 spiro atoms. The van der Waals surface area contributed by atoms with Crippen LogP contribution >= 0.6 is 23.8 Å². The fourth-order valence-corrected chi connectivity index (χ4v) is 5.40. The molecule has 10 heteroatoms. The van der Waals surface area contributed by atoms with E-state index in [-0.39, 0.29) is 22.7 Å². The number of pyridine rings is 2. The highest BCUT2D eigenvalue weighted by atomic mass is 35.5. The van der Waals surface area contributed by atoms with Gasteiger partial charge >= 0.3 is 0 Å². The molecule has 0 bridgehead atoms. The summed E-state index contributed by atoms with van der Waals surface area (Å²) in [6.07, 6.45) is 9.15. The van der Waals surface area contributed by atoms with Gasteiger partial charge in [0.15, 0.2) is 10.8 Å². The maximum atomic E-state index is 13.7. The minimum absolute atomic E-state index is 0.101. The van der Waals surface area contributed by atoms with Gasteiger partial charge in [-0.1, -0.05) is 11.6 Å². The summed E-state index contributed by atoms with van der Waals surface area (Å²) >= 11 is 12.0. The number of rotatable bonds is 4. The number of halogens is 1. The molecule has 2 aromatic heterocycles. The van der Waals surface area contributed by atoms with E-state index in [1.165, 1.54) is 11.1 Å². The van der Waals surface area contributed by atoms with Crippen molar-refractivity contribution in [3.8, 4) is 11.8 Å². The second kappa shape index (κ2) is 8.52. The first kappa shape index (κ1) is 22.0. The SMILES string of the molecule is CN1CCC(Oc2ccncc2N2C(=S)N(c3cnc(C#N)c(Cl)c3)C(=O)C23CCC3)CC1. The van der Waals surface area contributed by atoms with Crippen LogP contribution in [0.1, 0.15) is 37.8 Å². The van der Waals surface area contributed by atoms with Gasteiger partial charge in [0, 0.05) is 25.4 Å². The van der Waals surface area contributed by atoms with Gasteiger partial charge in [0.2, 0.25) is 0 Å². The Hall–Kier alpha value is -2.80. The van der Waals surface area contributed by atoms with E-state index in [1.807, 2.05) is 17.0 Å². The number of nitrogens with zero attached hydrogens (tertiary/aromatic N) is 6. The number of likely N-dealkylation sites (tertiary alicyclic amines) is 1. The highest BCUT2D eigenvalue weighted by Crippen LogP contribution is 2.49. The Bertz CT molecular complexity index is 1160. The number of carbonyl (C=O) groups excluding carboxylic acids is 1. The Labute approximate surface area is 202 Å². The molecule has 170 valence electrons. The fourth-order valence-electron chi connectivity index (χ4n) is 4.74. The largest absolute Gasteiger partial charge is 0.488 e. The number of ether oxygens (including phenoxy) is 1. The van der Waals surface area contributed by atoms with Crippen LogP contribution in [0.25, 0.3) is 0 Å². The van der Waals surface area contributed by atoms with Gasteiger partial charge in [0.05, 0.1) is 23.1 Å². The number of aromatic nitrogens is 2. The van der Waals surface area contributed by atoms with Crippen LogP contribution < -0.4 is 14.5 Å². The summed E-state index contributed by atoms with van der Waals surface area (Å²) in [5.74, 6) is 0.564. The van der Waals surface area contributed by atoms with Crippen LogP contribution in [0.3, 0.4) is 0 Å². The lowest BCUT2D eigenvalue weighted by atomic mass is 9.75. The van der Waals surface area contributed by atoms with Crippen LogP contribution in [-0.4, -0.2) is 57.7 Å². The second-order valence-electron chi connectivity index (χ2n) is 8.74. The molecule has 0 aromatic carbocycles. The first-order valence-electron chi connectivity index (χ1n) is 11.0. The van der Waals surface area contributed by atoms with E-state index < -0.39 is 5.54 Å². The van der Waals surface area contributed by atoms with Crippen LogP contribution in [0.2, 0.25) is 5.02 Å². The molecule has 0 unspecified atom stereocenters. The van der Waals surface area contributed by atoms with Gasteiger partial charge < -0.3 is 9.64 Å². The molecule has 3 fully saturated rings. The molecule has 5 rings (SSSR count). The van der Waals surface area contributed by atoms with E-state index in [9.17, 15) is 4.79 Å². The zero-order valence-corrected chi connectivity index (χ0v) is 19.8. The van der Waals surface area contributed by atoms with Crippen LogP contribution in [0.5, 0.6) is 5.75 Å². The summed E-state index contributed by atoms with van der Waals surface area (Å²) < 4.78 is 6.42. The Morgan fingerprint density at radius 2 is 2.06 bits per heavy atom. The molecule has 1 saturated carbocycles. The normalized spacial score (nSPS) is 20.8. The van der Waals surface area contributed by atoms with E-state index in [0.717, 1.165) is 32.4 Å². The van der Waals surface area contributed by atoms with Crippen LogP contribution in [0, 0.1) is 11.3 Å². The van der Waals surface area contributed by atoms with Gasteiger partial charge in [-0.15, -0.1) is 0 Å². The third-order valence-corrected chi connectivity index (χ3v) is 7.40. The van der Waals surface area contributed by atoms with Crippen molar-refractivity contribution in [2.45, 2.75) is 43.7 Å². The molecule has 8 nitrogen and oxygen atoms in total. The number of nitriles is 1. The van der Waals surface area contributed by atoms with Gasteiger partial charge in [-0.05, 0) is 57.4 Å².